The number of allylic oxidation sites excluding steroid dienone is 2. The van der Waals surface area contributed by atoms with Crippen molar-refractivity contribution in [3.8, 4) is 0 Å². The van der Waals surface area contributed by atoms with E-state index in [0.29, 0.717) is 12.0 Å². The van der Waals surface area contributed by atoms with Crippen molar-refractivity contribution >= 4 is 12.0 Å². The fourth-order valence-electron chi connectivity index (χ4n) is 5.11. The predicted octanol–water partition coefficient (Wildman–Crippen LogP) is 2.47. The van der Waals surface area contributed by atoms with E-state index in [1.54, 1.807) is 0 Å². The fourth-order valence-corrected chi connectivity index (χ4v) is 5.11. The van der Waals surface area contributed by atoms with Gasteiger partial charge in [0.25, 0.3) is 0 Å². The molecule has 0 saturated carbocycles. The second kappa shape index (κ2) is 3.66. The maximum absolute atomic E-state index is 11.8. The molecular formula is C18H18N2O. The van der Waals surface area contributed by atoms with Gasteiger partial charge in [-0.2, -0.15) is 0 Å². The third-order valence-electron chi connectivity index (χ3n) is 6.03. The van der Waals surface area contributed by atoms with Crippen LogP contribution in [0.1, 0.15) is 18.9 Å². The van der Waals surface area contributed by atoms with Gasteiger partial charge < -0.3 is 5.32 Å². The molecule has 1 N–H and O–H groups in total. The average molecular weight is 278 g/mol. The number of carbonyl (C=O) groups is 1. The summed E-state index contributed by atoms with van der Waals surface area (Å²) in [7, 11) is 0. The Morgan fingerprint density at radius 1 is 1.38 bits per heavy atom. The van der Waals surface area contributed by atoms with Crippen LogP contribution in [0.2, 0.25) is 0 Å². The van der Waals surface area contributed by atoms with Crippen molar-refractivity contribution in [1.82, 2.24) is 4.90 Å². The first-order valence-corrected chi connectivity index (χ1v) is 7.75. The van der Waals surface area contributed by atoms with Crippen molar-refractivity contribution in [2.45, 2.75) is 24.8 Å². The molecule has 0 amide bonds. The average Bonchev–Trinajstić information content (AvgIpc) is 2.83. The van der Waals surface area contributed by atoms with Gasteiger partial charge in [0.2, 0.25) is 0 Å². The monoisotopic (exact) mass is 278 g/mol. The molecule has 106 valence electrons. The minimum absolute atomic E-state index is 0.0581. The molecule has 2 bridgehead atoms. The van der Waals surface area contributed by atoms with Gasteiger partial charge in [0.15, 0.2) is 0 Å². The van der Waals surface area contributed by atoms with Crippen LogP contribution in [-0.4, -0.2) is 30.3 Å². The molecule has 3 unspecified atom stereocenters. The molecule has 4 aliphatic rings. The van der Waals surface area contributed by atoms with E-state index in [1.165, 1.54) is 22.5 Å². The van der Waals surface area contributed by atoms with Gasteiger partial charge in [0.1, 0.15) is 6.29 Å². The molecule has 0 radical (unpaired) electrons. The first kappa shape index (κ1) is 11.8. The van der Waals surface area contributed by atoms with Gasteiger partial charge >= 0.3 is 0 Å². The molecule has 2 saturated heterocycles. The van der Waals surface area contributed by atoms with E-state index in [1.807, 2.05) is 0 Å². The largest absolute Gasteiger partial charge is 0.357 e. The summed E-state index contributed by atoms with van der Waals surface area (Å²) >= 11 is 0. The number of benzene rings is 1. The van der Waals surface area contributed by atoms with Crippen molar-refractivity contribution < 1.29 is 4.79 Å². The number of nitrogens with zero attached hydrogens (tertiary/aromatic N) is 1. The Hall–Kier alpha value is -1.87. The number of para-hydroxylation sites is 1. The minimum atomic E-state index is 0.0581. The van der Waals surface area contributed by atoms with Gasteiger partial charge in [0, 0.05) is 42.0 Å². The lowest BCUT2D eigenvalue weighted by Crippen LogP contribution is -2.72. The topological polar surface area (TPSA) is 32.3 Å². The molecule has 0 aromatic heterocycles. The smallest absolute Gasteiger partial charge is 0.148 e. The number of carbonyl (C=O) groups excluding carboxylic acids is 1. The molecule has 3 atom stereocenters. The Morgan fingerprint density at radius 3 is 3.05 bits per heavy atom. The van der Waals surface area contributed by atoms with Gasteiger partial charge in [-0.3, -0.25) is 9.69 Å². The van der Waals surface area contributed by atoms with Crippen LogP contribution in [0.5, 0.6) is 0 Å². The lowest BCUT2D eigenvalue weighted by atomic mass is 9.55. The molecule has 2 fully saturated rings. The van der Waals surface area contributed by atoms with Gasteiger partial charge in [-0.1, -0.05) is 29.8 Å². The zero-order valence-electron chi connectivity index (χ0n) is 12.1. The van der Waals surface area contributed by atoms with Crippen LogP contribution < -0.4 is 5.32 Å². The van der Waals surface area contributed by atoms with E-state index in [-0.39, 0.29) is 5.41 Å². The van der Waals surface area contributed by atoms with Crippen molar-refractivity contribution in [2.24, 2.45) is 5.92 Å². The normalized spacial score (nSPS) is 37.7. The van der Waals surface area contributed by atoms with Crippen molar-refractivity contribution in [1.29, 1.82) is 0 Å². The second-order valence-corrected chi connectivity index (χ2v) is 6.66. The summed E-state index contributed by atoms with van der Waals surface area (Å²) in [6, 6.07) is 9.12. The highest BCUT2D eigenvalue weighted by Gasteiger charge is 2.64. The number of nitrogens with one attached hydrogen (secondary N) is 1. The van der Waals surface area contributed by atoms with E-state index in [0.717, 1.165) is 31.4 Å². The van der Waals surface area contributed by atoms with Crippen LogP contribution in [0, 0.1) is 5.92 Å². The lowest BCUT2D eigenvalue weighted by Gasteiger charge is -2.63. The SMILES string of the molecule is CC=C1CN2CC34C(=C(C=O)C1CC23)Nc1ccccc14. The van der Waals surface area contributed by atoms with Crippen molar-refractivity contribution in [3.05, 3.63) is 52.7 Å². The van der Waals surface area contributed by atoms with Crippen molar-refractivity contribution in [2.75, 3.05) is 18.4 Å². The highest BCUT2D eigenvalue weighted by Crippen LogP contribution is 2.61. The van der Waals surface area contributed by atoms with Crippen LogP contribution in [0.25, 0.3) is 0 Å². The molecule has 3 nitrogen and oxygen atoms in total. The summed E-state index contributed by atoms with van der Waals surface area (Å²) in [5.41, 5.74) is 6.24. The summed E-state index contributed by atoms with van der Waals surface area (Å²) in [6.45, 7) is 4.17. The van der Waals surface area contributed by atoms with Crippen LogP contribution in [-0.2, 0) is 10.2 Å². The summed E-state index contributed by atoms with van der Waals surface area (Å²) in [6.07, 6.45) is 4.40. The number of hydrogen-bond donors (Lipinski definition) is 1. The van der Waals surface area contributed by atoms with Crippen LogP contribution in [0.15, 0.2) is 47.2 Å². The fraction of sp³-hybridized carbons (Fsp3) is 0.389. The van der Waals surface area contributed by atoms with Gasteiger partial charge in [0.05, 0.1) is 5.41 Å². The molecule has 3 aliphatic heterocycles. The molecular weight excluding hydrogens is 260 g/mol. The Bertz CT molecular complexity index is 732. The summed E-state index contributed by atoms with van der Waals surface area (Å²) < 4.78 is 0. The van der Waals surface area contributed by atoms with E-state index in [4.69, 9.17) is 0 Å². The maximum Gasteiger partial charge on any atom is 0.148 e. The molecule has 5 rings (SSSR count). The number of anilines is 1. The second-order valence-electron chi connectivity index (χ2n) is 6.66. The van der Waals surface area contributed by atoms with E-state index in [9.17, 15) is 4.79 Å². The zero-order valence-corrected chi connectivity index (χ0v) is 12.1. The summed E-state index contributed by atoms with van der Waals surface area (Å²) in [5.74, 6) is 0.319. The molecule has 3 heteroatoms. The highest BCUT2D eigenvalue weighted by molar-refractivity contribution is 5.85. The Balaban J connectivity index is 1.80. The third-order valence-corrected chi connectivity index (χ3v) is 6.03. The van der Waals surface area contributed by atoms with E-state index < -0.39 is 0 Å². The molecule has 1 aromatic rings. The first-order chi connectivity index (χ1) is 10.3. The van der Waals surface area contributed by atoms with Crippen LogP contribution in [0.4, 0.5) is 5.69 Å². The van der Waals surface area contributed by atoms with Crippen LogP contribution >= 0.6 is 0 Å². The predicted molar refractivity (Wildman–Crippen MR) is 82.1 cm³/mol. The van der Waals surface area contributed by atoms with Gasteiger partial charge in [-0.05, 0) is 25.0 Å². The highest BCUT2D eigenvalue weighted by atomic mass is 16.1. The van der Waals surface area contributed by atoms with E-state index >= 15 is 0 Å². The number of aldehydes is 1. The molecule has 1 aromatic carbocycles. The molecule has 1 aliphatic carbocycles. The number of rotatable bonds is 1. The number of piperidine rings is 1. The molecule has 21 heavy (non-hydrogen) atoms. The Labute approximate surface area is 124 Å². The van der Waals surface area contributed by atoms with Gasteiger partial charge in [-0.25, -0.2) is 0 Å². The molecule has 1 spiro atoms. The minimum Gasteiger partial charge on any atom is -0.357 e. The number of fused-ring (bicyclic) bond motifs is 2. The third kappa shape index (κ3) is 1.15. The quantitative estimate of drug-likeness (QED) is 0.632. The lowest BCUT2D eigenvalue weighted by molar-refractivity contribution is -0.106. The summed E-state index contributed by atoms with van der Waals surface area (Å²) in [5, 5.41) is 3.58. The zero-order chi connectivity index (χ0) is 14.2. The summed E-state index contributed by atoms with van der Waals surface area (Å²) in [4.78, 5) is 14.4. The van der Waals surface area contributed by atoms with Crippen LogP contribution in [0.3, 0.4) is 0 Å². The number of hydrogen-bond acceptors (Lipinski definition) is 3. The standard InChI is InChI=1S/C18H18N2O/c1-2-11-8-20-10-18-14-5-3-4-6-15(14)19-17(18)13(9-21)12(11)7-16(18)20/h2-6,9,12,16,19H,7-8,10H2,1H3. The van der Waals surface area contributed by atoms with Gasteiger partial charge in [-0.15, -0.1) is 0 Å². The molecule has 3 heterocycles. The Morgan fingerprint density at radius 2 is 2.24 bits per heavy atom. The maximum atomic E-state index is 11.8. The Kier molecular flexibility index (Phi) is 2.05. The first-order valence-electron chi connectivity index (χ1n) is 7.75. The van der Waals surface area contributed by atoms with E-state index in [2.05, 4.69) is 47.5 Å². The van der Waals surface area contributed by atoms with Crippen molar-refractivity contribution in [3.63, 3.8) is 0 Å².